The minimum atomic E-state index is -0.477. The number of ether oxygens (including phenoxy) is 1. The van der Waals surface area contributed by atoms with E-state index in [9.17, 15) is 9.59 Å². The highest BCUT2D eigenvalue weighted by Gasteiger charge is 2.15. The molecule has 6 nitrogen and oxygen atoms in total. The van der Waals surface area contributed by atoms with Crippen LogP contribution in [0.3, 0.4) is 0 Å². The summed E-state index contributed by atoms with van der Waals surface area (Å²) < 4.78 is 5.16. The van der Waals surface area contributed by atoms with Crippen LogP contribution in [-0.2, 0) is 11.2 Å². The third kappa shape index (κ3) is 8.53. The first-order valence-corrected chi connectivity index (χ1v) is 8.26. The molecule has 1 aromatic rings. The maximum atomic E-state index is 11.7. The number of aliphatic hydroxyl groups excluding tert-OH is 1. The van der Waals surface area contributed by atoms with Crippen molar-refractivity contribution in [1.29, 1.82) is 0 Å². The molecule has 134 valence electrons. The molecular weight excluding hydrogens is 308 g/mol. The summed E-state index contributed by atoms with van der Waals surface area (Å²) in [5, 5.41) is 14.0. The van der Waals surface area contributed by atoms with E-state index in [0.717, 1.165) is 24.8 Å². The molecular formula is C18H28N2O4. The maximum absolute atomic E-state index is 11.7. The molecule has 2 amide bonds. The second kappa shape index (κ2) is 9.93. The molecule has 0 fully saturated rings. The minimum absolute atomic E-state index is 0.0683. The highest BCUT2D eigenvalue weighted by atomic mass is 16.6. The summed E-state index contributed by atoms with van der Waals surface area (Å²) in [4.78, 5) is 23.2. The molecule has 6 heteroatoms. The van der Waals surface area contributed by atoms with Gasteiger partial charge in [0.25, 0.3) is 5.91 Å². The molecule has 3 N–H and O–H groups in total. The molecule has 0 saturated heterocycles. The van der Waals surface area contributed by atoms with Crippen molar-refractivity contribution in [2.75, 3.05) is 19.7 Å². The summed E-state index contributed by atoms with van der Waals surface area (Å²) in [6.45, 7) is 6.27. The van der Waals surface area contributed by atoms with Crippen LogP contribution in [-0.4, -0.2) is 42.4 Å². The van der Waals surface area contributed by atoms with Gasteiger partial charge in [-0.15, -0.1) is 0 Å². The van der Waals surface area contributed by atoms with Crippen molar-refractivity contribution in [2.45, 2.75) is 45.6 Å². The Labute approximate surface area is 143 Å². The van der Waals surface area contributed by atoms with Gasteiger partial charge in [0.05, 0.1) is 6.61 Å². The Bertz CT molecular complexity index is 521. The van der Waals surface area contributed by atoms with Gasteiger partial charge in [-0.25, -0.2) is 4.79 Å². The lowest BCUT2D eigenvalue weighted by molar-refractivity contribution is 0.0527. The average molecular weight is 336 g/mol. The number of hydrogen-bond donors (Lipinski definition) is 3. The van der Waals surface area contributed by atoms with E-state index in [1.807, 2.05) is 32.9 Å². The molecule has 24 heavy (non-hydrogen) atoms. The second-order valence-corrected chi connectivity index (χ2v) is 6.56. The van der Waals surface area contributed by atoms with E-state index in [1.165, 1.54) is 0 Å². The number of aryl methyl sites for hydroxylation is 1. The summed E-state index contributed by atoms with van der Waals surface area (Å²) in [6, 6.07) is 7.41. The van der Waals surface area contributed by atoms with E-state index in [0.29, 0.717) is 12.1 Å². The number of unbranched alkanes of at least 4 members (excludes halogenated alkanes) is 1. The Hall–Kier alpha value is -2.08. The minimum Gasteiger partial charge on any atom is -0.444 e. The van der Waals surface area contributed by atoms with Gasteiger partial charge in [0, 0.05) is 18.7 Å². The summed E-state index contributed by atoms with van der Waals surface area (Å²) in [5.74, 6) is -0.183. The van der Waals surface area contributed by atoms with E-state index >= 15 is 0 Å². The first-order valence-electron chi connectivity index (χ1n) is 8.26. The van der Waals surface area contributed by atoms with Crippen molar-refractivity contribution in [3.05, 3.63) is 35.4 Å². The number of carbonyl (C=O) groups is 2. The summed E-state index contributed by atoms with van der Waals surface area (Å²) >= 11 is 0. The lowest BCUT2D eigenvalue weighted by Gasteiger charge is -2.19. The third-order valence-electron chi connectivity index (χ3n) is 3.17. The van der Waals surface area contributed by atoms with Crippen LogP contribution in [0, 0.1) is 0 Å². The van der Waals surface area contributed by atoms with Crippen molar-refractivity contribution in [3.63, 3.8) is 0 Å². The van der Waals surface area contributed by atoms with E-state index < -0.39 is 5.60 Å². The molecule has 0 aliphatic heterocycles. The largest absolute Gasteiger partial charge is 0.444 e. The van der Waals surface area contributed by atoms with E-state index in [1.54, 1.807) is 12.1 Å². The number of nitrogens with one attached hydrogen (secondary N) is 2. The lowest BCUT2D eigenvalue weighted by Crippen LogP contribution is -2.33. The van der Waals surface area contributed by atoms with Crippen LogP contribution in [0.15, 0.2) is 24.3 Å². The molecule has 1 rings (SSSR count). The number of rotatable bonds is 8. The predicted octanol–water partition coefficient (Wildman–Crippen LogP) is 2.26. The van der Waals surface area contributed by atoms with Gasteiger partial charge in [0.2, 0.25) is 0 Å². The molecule has 0 spiro atoms. The fraction of sp³-hybridized carbons (Fsp3) is 0.556. The van der Waals surface area contributed by atoms with Crippen LogP contribution in [0.4, 0.5) is 4.79 Å². The Morgan fingerprint density at radius 2 is 1.71 bits per heavy atom. The van der Waals surface area contributed by atoms with Gasteiger partial charge in [-0.2, -0.15) is 0 Å². The standard InChI is InChI=1S/C18H28N2O4/c1-18(2,3)24-17(23)20-11-5-4-6-14-7-9-15(10-8-14)16(22)19-12-13-21/h7-10,21H,4-6,11-13H2,1-3H3,(H,19,22)(H,20,23). The molecule has 0 aromatic heterocycles. The maximum Gasteiger partial charge on any atom is 0.407 e. The second-order valence-electron chi connectivity index (χ2n) is 6.56. The molecule has 0 bridgehead atoms. The summed E-state index contributed by atoms with van der Waals surface area (Å²) in [6.07, 6.45) is 2.29. The normalized spacial score (nSPS) is 11.0. The van der Waals surface area contributed by atoms with Gasteiger partial charge in [0.1, 0.15) is 5.60 Å². The number of benzene rings is 1. The number of alkyl carbamates (subject to hydrolysis) is 1. The Balaban J connectivity index is 2.24. The predicted molar refractivity (Wildman–Crippen MR) is 93.0 cm³/mol. The van der Waals surface area contributed by atoms with Gasteiger partial charge in [-0.05, 0) is 57.7 Å². The highest BCUT2D eigenvalue weighted by molar-refractivity contribution is 5.94. The van der Waals surface area contributed by atoms with Crippen molar-refractivity contribution in [1.82, 2.24) is 10.6 Å². The molecule has 0 radical (unpaired) electrons. The van der Waals surface area contributed by atoms with Gasteiger partial charge in [0.15, 0.2) is 0 Å². The van der Waals surface area contributed by atoms with Crippen molar-refractivity contribution >= 4 is 12.0 Å². The fourth-order valence-corrected chi connectivity index (χ4v) is 2.05. The highest BCUT2D eigenvalue weighted by Crippen LogP contribution is 2.09. The zero-order valence-electron chi connectivity index (χ0n) is 14.7. The first kappa shape index (κ1) is 20.0. The number of amides is 2. The van der Waals surface area contributed by atoms with Crippen molar-refractivity contribution in [3.8, 4) is 0 Å². The fourth-order valence-electron chi connectivity index (χ4n) is 2.05. The van der Waals surface area contributed by atoms with Crippen LogP contribution < -0.4 is 10.6 Å². The molecule has 0 aliphatic rings. The van der Waals surface area contributed by atoms with Crippen LogP contribution >= 0.6 is 0 Å². The Morgan fingerprint density at radius 1 is 1.04 bits per heavy atom. The molecule has 0 atom stereocenters. The Kier molecular flexibility index (Phi) is 8.26. The third-order valence-corrected chi connectivity index (χ3v) is 3.17. The topological polar surface area (TPSA) is 87.7 Å². The van der Waals surface area contributed by atoms with Gasteiger partial charge < -0.3 is 20.5 Å². The summed E-state index contributed by atoms with van der Waals surface area (Å²) in [7, 11) is 0. The Morgan fingerprint density at radius 3 is 2.29 bits per heavy atom. The smallest absolute Gasteiger partial charge is 0.407 e. The zero-order valence-corrected chi connectivity index (χ0v) is 14.7. The van der Waals surface area contributed by atoms with Crippen LogP contribution in [0.5, 0.6) is 0 Å². The molecule has 0 saturated carbocycles. The monoisotopic (exact) mass is 336 g/mol. The number of carbonyl (C=O) groups excluding carboxylic acids is 2. The summed E-state index contributed by atoms with van der Waals surface area (Å²) in [5.41, 5.74) is 1.25. The van der Waals surface area contributed by atoms with Crippen LogP contribution in [0.25, 0.3) is 0 Å². The van der Waals surface area contributed by atoms with Gasteiger partial charge in [-0.1, -0.05) is 12.1 Å². The van der Waals surface area contributed by atoms with E-state index in [2.05, 4.69) is 10.6 Å². The number of aliphatic hydroxyl groups is 1. The molecule has 0 aliphatic carbocycles. The average Bonchev–Trinajstić information content (AvgIpc) is 2.51. The number of hydrogen-bond acceptors (Lipinski definition) is 4. The van der Waals surface area contributed by atoms with E-state index in [-0.39, 0.29) is 25.2 Å². The van der Waals surface area contributed by atoms with E-state index in [4.69, 9.17) is 9.84 Å². The van der Waals surface area contributed by atoms with Gasteiger partial charge >= 0.3 is 6.09 Å². The zero-order chi connectivity index (χ0) is 18.0. The van der Waals surface area contributed by atoms with Crippen molar-refractivity contribution < 1.29 is 19.4 Å². The molecule has 0 heterocycles. The first-order chi connectivity index (χ1) is 11.3. The molecule has 1 aromatic carbocycles. The van der Waals surface area contributed by atoms with Crippen molar-refractivity contribution in [2.24, 2.45) is 0 Å². The van der Waals surface area contributed by atoms with Crippen LogP contribution in [0.1, 0.15) is 49.5 Å². The quantitative estimate of drug-likeness (QED) is 0.636. The van der Waals surface area contributed by atoms with Crippen LogP contribution in [0.2, 0.25) is 0 Å². The van der Waals surface area contributed by atoms with Gasteiger partial charge in [-0.3, -0.25) is 4.79 Å². The lowest BCUT2D eigenvalue weighted by atomic mass is 10.1. The SMILES string of the molecule is CC(C)(C)OC(=O)NCCCCc1ccc(C(=O)NCCO)cc1. The molecule has 0 unspecified atom stereocenters.